The molecular formula is C13H20F2N2O3. The zero-order valence-electron chi connectivity index (χ0n) is 11.6. The molecule has 0 aliphatic carbocycles. The fourth-order valence-electron chi connectivity index (χ4n) is 1.75. The van der Waals surface area contributed by atoms with Crippen LogP contribution in [0.2, 0.25) is 0 Å². The first-order valence-corrected chi connectivity index (χ1v) is 6.15. The Labute approximate surface area is 117 Å². The second-order valence-corrected chi connectivity index (χ2v) is 4.12. The van der Waals surface area contributed by atoms with Crippen molar-refractivity contribution in [3.8, 4) is 11.5 Å². The van der Waals surface area contributed by atoms with Crippen molar-refractivity contribution in [3.05, 3.63) is 23.8 Å². The quantitative estimate of drug-likeness (QED) is 0.413. The van der Waals surface area contributed by atoms with Gasteiger partial charge in [-0.05, 0) is 24.1 Å². The molecule has 5 nitrogen and oxygen atoms in total. The number of rotatable bonds is 9. The number of ether oxygens (including phenoxy) is 3. The van der Waals surface area contributed by atoms with Crippen LogP contribution in [0.3, 0.4) is 0 Å². The minimum absolute atomic E-state index is 0.179. The lowest BCUT2D eigenvalue weighted by Gasteiger charge is -2.18. The van der Waals surface area contributed by atoms with Gasteiger partial charge >= 0.3 is 0 Å². The molecule has 1 aromatic rings. The highest BCUT2D eigenvalue weighted by molar-refractivity contribution is 5.39. The van der Waals surface area contributed by atoms with Crippen LogP contribution in [0.1, 0.15) is 18.0 Å². The molecule has 0 radical (unpaired) electrons. The van der Waals surface area contributed by atoms with E-state index in [0.29, 0.717) is 17.9 Å². The molecule has 0 heterocycles. The maximum atomic E-state index is 12.0. The third-order valence-electron chi connectivity index (χ3n) is 2.77. The summed E-state index contributed by atoms with van der Waals surface area (Å²) in [6.45, 7) is -0.391. The highest BCUT2D eigenvalue weighted by Crippen LogP contribution is 2.27. The molecule has 3 N–H and O–H groups in total. The molecule has 0 aliphatic heterocycles. The molecule has 7 heteroatoms. The number of nitrogens with one attached hydrogen (secondary N) is 1. The van der Waals surface area contributed by atoms with Gasteiger partial charge in [0.25, 0.3) is 6.43 Å². The van der Waals surface area contributed by atoms with Gasteiger partial charge in [-0.1, -0.05) is 0 Å². The molecule has 0 aromatic heterocycles. The van der Waals surface area contributed by atoms with Crippen molar-refractivity contribution < 1.29 is 23.0 Å². The normalized spacial score (nSPS) is 12.5. The molecular weight excluding hydrogens is 270 g/mol. The number of hydrogen-bond donors (Lipinski definition) is 2. The Hall–Kier alpha value is -1.44. The van der Waals surface area contributed by atoms with E-state index < -0.39 is 13.0 Å². The Kier molecular flexibility index (Phi) is 7.21. The summed E-state index contributed by atoms with van der Waals surface area (Å²) in [7, 11) is 3.10. The van der Waals surface area contributed by atoms with Crippen molar-refractivity contribution in [2.24, 2.45) is 5.84 Å². The van der Waals surface area contributed by atoms with Crippen LogP contribution >= 0.6 is 0 Å². The minimum Gasteiger partial charge on any atom is -0.497 e. The third-order valence-corrected chi connectivity index (χ3v) is 2.77. The number of methoxy groups -OCH3 is 2. The van der Waals surface area contributed by atoms with Gasteiger partial charge in [-0.25, -0.2) is 8.78 Å². The third kappa shape index (κ3) is 5.28. The summed E-state index contributed by atoms with van der Waals surface area (Å²) in [5.41, 5.74) is 3.47. The van der Waals surface area contributed by atoms with E-state index >= 15 is 0 Å². The molecule has 0 amide bonds. The van der Waals surface area contributed by atoms with E-state index in [1.54, 1.807) is 32.4 Å². The Morgan fingerprint density at radius 2 is 1.75 bits per heavy atom. The molecule has 0 aliphatic rings. The fraction of sp³-hybridized carbons (Fsp3) is 0.538. The zero-order chi connectivity index (χ0) is 15.0. The number of benzene rings is 1. The molecule has 0 bridgehead atoms. The van der Waals surface area contributed by atoms with E-state index in [9.17, 15) is 8.78 Å². The largest absolute Gasteiger partial charge is 0.497 e. The van der Waals surface area contributed by atoms with Gasteiger partial charge in [0.05, 0.1) is 14.2 Å². The molecule has 1 rings (SSSR count). The highest BCUT2D eigenvalue weighted by atomic mass is 19.3. The predicted octanol–water partition coefficient (Wildman–Crippen LogP) is 1.88. The number of nitrogens with two attached hydrogens (primary N) is 1. The standard InChI is InChI=1S/C13H20F2N2O3/c1-18-10-5-9(6-11(7-10)19-2)12(17-16)3-4-20-8-13(14)15/h5-7,12-13,17H,3-4,8,16H2,1-2H3. The zero-order valence-corrected chi connectivity index (χ0v) is 11.6. The van der Waals surface area contributed by atoms with E-state index in [4.69, 9.17) is 20.1 Å². The summed E-state index contributed by atoms with van der Waals surface area (Å²) in [4.78, 5) is 0. The topological polar surface area (TPSA) is 65.7 Å². The van der Waals surface area contributed by atoms with E-state index in [1.165, 1.54) is 0 Å². The van der Waals surface area contributed by atoms with Crippen LogP contribution in [0.15, 0.2) is 18.2 Å². The first kappa shape index (κ1) is 16.6. The number of hydrogen-bond acceptors (Lipinski definition) is 5. The monoisotopic (exact) mass is 290 g/mol. The summed E-state index contributed by atoms with van der Waals surface area (Å²) in [6, 6.07) is 5.11. The summed E-state index contributed by atoms with van der Waals surface area (Å²) >= 11 is 0. The van der Waals surface area contributed by atoms with Gasteiger partial charge in [0.15, 0.2) is 0 Å². The van der Waals surface area contributed by atoms with Gasteiger partial charge in [0.1, 0.15) is 18.1 Å². The van der Waals surface area contributed by atoms with Crippen LogP contribution in [-0.2, 0) is 4.74 Å². The fourth-order valence-corrected chi connectivity index (χ4v) is 1.75. The predicted molar refractivity (Wildman–Crippen MR) is 71.1 cm³/mol. The van der Waals surface area contributed by atoms with Gasteiger partial charge in [0.2, 0.25) is 0 Å². The smallest absolute Gasteiger partial charge is 0.261 e. The summed E-state index contributed by atoms with van der Waals surface area (Å²) < 4.78 is 39.1. The summed E-state index contributed by atoms with van der Waals surface area (Å²) in [5, 5.41) is 0. The average molecular weight is 290 g/mol. The van der Waals surface area contributed by atoms with Crippen molar-refractivity contribution in [1.29, 1.82) is 0 Å². The summed E-state index contributed by atoms with van der Waals surface area (Å²) in [6.07, 6.45) is -2.00. The Bertz CT molecular complexity index is 383. The molecule has 0 saturated carbocycles. The van der Waals surface area contributed by atoms with Crippen molar-refractivity contribution in [2.75, 3.05) is 27.4 Å². The first-order valence-electron chi connectivity index (χ1n) is 6.15. The minimum atomic E-state index is -2.46. The van der Waals surface area contributed by atoms with E-state index in [2.05, 4.69) is 5.43 Å². The average Bonchev–Trinajstić information content (AvgIpc) is 2.46. The van der Waals surface area contributed by atoms with Crippen molar-refractivity contribution in [2.45, 2.75) is 18.9 Å². The van der Waals surface area contributed by atoms with Gasteiger partial charge < -0.3 is 14.2 Å². The molecule has 1 atom stereocenters. The SMILES string of the molecule is COc1cc(OC)cc(C(CCOCC(F)F)NN)c1. The lowest BCUT2D eigenvalue weighted by Crippen LogP contribution is -2.29. The maximum Gasteiger partial charge on any atom is 0.261 e. The van der Waals surface area contributed by atoms with Crippen LogP contribution in [0, 0.1) is 0 Å². The van der Waals surface area contributed by atoms with E-state index in [-0.39, 0.29) is 12.6 Å². The molecule has 1 aromatic carbocycles. The van der Waals surface area contributed by atoms with Gasteiger partial charge in [0, 0.05) is 18.7 Å². The number of alkyl halides is 2. The first-order chi connectivity index (χ1) is 9.60. The lowest BCUT2D eigenvalue weighted by atomic mass is 10.0. The molecule has 0 fully saturated rings. The molecule has 114 valence electrons. The van der Waals surface area contributed by atoms with Crippen LogP contribution in [-0.4, -0.2) is 33.9 Å². The van der Waals surface area contributed by atoms with Crippen LogP contribution < -0.4 is 20.7 Å². The van der Waals surface area contributed by atoms with Crippen molar-refractivity contribution in [3.63, 3.8) is 0 Å². The Morgan fingerprint density at radius 1 is 1.15 bits per heavy atom. The van der Waals surface area contributed by atoms with E-state index in [0.717, 1.165) is 5.56 Å². The van der Waals surface area contributed by atoms with Crippen LogP contribution in [0.25, 0.3) is 0 Å². The Morgan fingerprint density at radius 3 is 2.20 bits per heavy atom. The molecule has 0 spiro atoms. The Balaban J connectivity index is 2.68. The van der Waals surface area contributed by atoms with Gasteiger partial charge in [-0.2, -0.15) is 0 Å². The van der Waals surface area contributed by atoms with Crippen molar-refractivity contribution in [1.82, 2.24) is 5.43 Å². The molecule has 20 heavy (non-hydrogen) atoms. The lowest BCUT2D eigenvalue weighted by molar-refractivity contribution is 0.0143. The molecule has 0 saturated heterocycles. The second-order valence-electron chi connectivity index (χ2n) is 4.12. The van der Waals surface area contributed by atoms with Gasteiger partial charge in [-0.3, -0.25) is 11.3 Å². The van der Waals surface area contributed by atoms with E-state index in [1.807, 2.05) is 0 Å². The maximum absolute atomic E-state index is 12.0. The number of hydrazine groups is 1. The highest BCUT2D eigenvalue weighted by Gasteiger charge is 2.13. The van der Waals surface area contributed by atoms with Crippen LogP contribution in [0.5, 0.6) is 11.5 Å². The summed E-state index contributed by atoms with van der Waals surface area (Å²) in [5.74, 6) is 6.76. The van der Waals surface area contributed by atoms with Crippen LogP contribution in [0.4, 0.5) is 8.78 Å². The molecule has 1 unspecified atom stereocenters. The number of halogens is 2. The van der Waals surface area contributed by atoms with Crippen molar-refractivity contribution >= 4 is 0 Å². The second kappa shape index (κ2) is 8.68. The van der Waals surface area contributed by atoms with Gasteiger partial charge in [-0.15, -0.1) is 0 Å².